The van der Waals surface area contributed by atoms with Gasteiger partial charge in [0.15, 0.2) is 6.61 Å². The molecule has 0 fully saturated rings. The van der Waals surface area contributed by atoms with Gasteiger partial charge in [-0.3, -0.25) is 4.79 Å². The van der Waals surface area contributed by atoms with Crippen LogP contribution in [0.1, 0.15) is 11.1 Å². The largest absolute Gasteiger partial charge is 0.484 e. The van der Waals surface area contributed by atoms with Crippen molar-refractivity contribution in [3.8, 4) is 5.75 Å². The van der Waals surface area contributed by atoms with Gasteiger partial charge in [-0.2, -0.15) is 13.2 Å². The number of aryl methyl sites for hydroxylation is 1. The van der Waals surface area contributed by atoms with Crippen LogP contribution in [0.15, 0.2) is 48.5 Å². The highest BCUT2D eigenvalue weighted by atomic mass is 19.4. The van der Waals surface area contributed by atoms with E-state index in [2.05, 4.69) is 5.32 Å². The first kappa shape index (κ1) is 15.9. The highest BCUT2D eigenvalue weighted by molar-refractivity contribution is 5.92. The lowest BCUT2D eigenvalue weighted by Gasteiger charge is -2.13. The van der Waals surface area contributed by atoms with E-state index in [0.717, 1.165) is 11.6 Å². The van der Waals surface area contributed by atoms with Gasteiger partial charge >= 0.3 is 6.18 Å². The number of alkyl halides is 3. The van der Waals surface area contributed by atoms with Gasteiger partial charge in [-0.15, -0.1) is 0 Å². The van der Waals surface area contributed by atoms with Gasteiger partial charge in [-0.1, -0.05) is 29.8 Å². The first-order valence-electron chi connectivity index (χ1n) is 6.52. The van der Waals surface area contributed by atoms with Crippen LogP contribution in [0.25, 0.3) is 0 Å². The van der Waals surface area contributed by atoms with Crippen LogP contribution in [0.5, 0.6) is 5.75 Å². The first-order valence-corrected chi connectivity index (χ1v) is 6.52. The molecule has 0 radical (unpaired) electrons. The van der Waals surface area contributed by atoms with E-state index in [1.54, 1.807) is 12.1 Å². The highest BCUT2D eigenvalue weighted by Gasteiger charge is 2.33. The summed E-state index contributed by atoms with van der Waals surface area (Å²) in [5.74, 6) is -0.179. The van der Waals surface area contributed by atoms with Crippen molar-refractivity contribution >= 4 is 11.6 Å². The molecule has 0 bridgehead atoms. The smallest absolute Gasteiger partial charge is 0.418 e. The topological polar surface area (TPSA) is 38.3 Å². The maximum atomic E-state index is 12.8. The fourth-order valence-electron chi connectivity index (χ4n) is 1.81. The number of nitrogens with one attached hydrogen (secondary N) is 1. The lowest BCUT2D eigenvalue weighted by atomic mass is 10.1. The fraction of sp³-hybridized carbons (Fsp3) is 0.188. The standard InChI is InChI=1S/C16H14F3NO2/c1-11-6-8-12(9-7-11)22-10-15(21)20-14-5-3-2-4-13(14)16(17,18)19/h2-9H,10H2,1H3,(H,20,21). The van der Waals surface area contributed by atoms with E-state index < -0.39 is 17.6 Å². The molecule has 1 amide bonds. The van der Waals surface area contributed by atoms with Gasteiger partial charge in [0.25, 0.3) is 5.91 Å². The van der Waals surface area contributed by atoms with Crippen molar-refractivity contribution in [1.82, 2.24) is 0 Å². The van der Waals surface area contributed by atoms with Crippen molar-refractivity contribution < 1.29 is 22.7 Å². The van der Waals surface area contributed by atoms with E-state index in [1.165, 1.54) is 18.2 Å². The maximum absolute atomic E-state index is 12.8. The normalized spacial score (nSPS) is 11.1. The number of hydrogen-bond acceptors (Lipinski definition) is 2. The molecule has 2 rings (SSSR count). The van der Waals surface area contributed by atoms with Gasteiger partial charge in [0, 0.05) is 0 Å². The number of ether oxygens (including phenoxy) is 1. The minimum Gasteiger partial charge on any atom is -0.484 e. The molecule has 0 aromatic heterocycles. The summed E-state index contributed by atoms with van der Waals surface area (Å²) in [6.07, 6.45) is -4.53. The number of rotatable bonds is 4. The Bertz CT molecular complexity index is 651. The van der Waals surface area contributed by atoms with Crippen LogP contribution < -0.4 is 10.1 Å². The van der Waals surface area contributed by atoms with Crippen LogP contribution >= 0.6 is 0 Å². The molecular formula is C16H14F3NO2. The summed E-state index contributed by atoms with van der Waals surface area (Å²) in [4.78, 5) is 11.7. The summed E-state index contributed by atoms with van der Waals surface area (Å²) < 4.78 is 43.6. The van der Waals surface area contributed by atoms with Gasteiger partial charge in [0.1, 0.15) is 5.75 Å². The summed E-state index contributed by atoms with van der Waals surface area (Å²) in [5.41, 5.74) is -0.137. The predicted octanol–water partition coefficient (Wildman–Crippen LogP) is 4.03. The van der Waals surface area contributed by atoms with Crippen molar-refractivity contribution in [3.05, 3.63) is 59.7 Å². The SMILES string of the molecule is Cc1ccc(OCC(=O)Nc2ccccc2C(F)(F)F)cc1. The Hall–Kier alpha value is -2.50. The molecule has 6 heteroatoms. The van der Waals surface area contributed by atoms with Crippen LogP contribution in [-0.4, -0.2) is 12.5 Å². The van der Waals surface area contributed by atoms with E-state index in [0.29, 0.717) is 5.75 Å². The second-order valence-corrected chi connectivity index (χ2v) is 4.69. The van der Waals surface area contributed by atoms with Gasteiger partial charge in [0.05, 0.1) is 11.3 Å². The van der Waals surface area contributed by atoms with Crippen molar-refractivity contribution in [2.45, 2.75) is 13.1 Å². The average Bonchev–Trinajstić information content (AvgIpc) is 2.46. The number of hydrogen-bond donors (Lipinski definition) is 1. The number of carbonyl (C=O) groups excluding carboxylic acids is 1. The van der Waals surface area contributed by atoms with E-state index in [9.17, 15) is 18.0 Å². The number of carbonyl (C=O) groups is 1. The Morgan fingerprint density at radius 2 is 1.73 bits per heavy atom. The average molecular weight is 309 g/mol. The predicted molar refractivity (Wildman–Crippen MR) is 76.7 cm³/mol. The molecule has 116 valence electrons. The summed E-state index contributed by atoms with van der Waals surface area (Å²) in [7, 11) is 0. The first-order chi connectivity index (χ1) is 10.4. The number of benzene rings is 2. The van der Waals surface area contributed by atoms with Crippen LogP contribution in [0, 0.1) is 6.92 Å². The van der Waals surface area contributed by atoms with Gasteiger partial charge < -0.3 is 10.1 Å². The van der Waals surface area contributed by atoms with Crippen molar-refractivity contribution in [2.24, 2.45) is 0 Å². The molecule has 2 aromatic rings. The summed E-state index contributed by atoms with van der Waals surface area (Å²) in [5, 5.41) is 2.21. The van der Waals surface area contributed by atoms with Crippen molar-refractivity contribution in [1.29, 1.82) is 0 Å². The molecule has 1 N–H and O–H groups in total. The number of para-hydroxylation sites is 1. The molecular weight excluding hydrogens is 295 g/mol. The molecule has 0 unspecified atom stereocenters. The Labute approximate surface area is 125 Å². The van der Waals surface area contributed by atoms with Gasteiger partial charge in [-0.25, -0.2) is 0 Å². The van der Waals surface area contributed by atoms with E-state index in [-0.39, 0.29) is 12.3 Å². The minimum absolute atomic E-state index is 0.285. The zero-order chi connectivity index (χ0) is 16.2. The van der Waals surface area contributed by atoms with E-state index in [1.807, 2.05) is 19.1 Å². The molecule has 0 heterocycles. The molecule has 0 spiro atoms. The molecule has 0 atom stereocenters. The molecule has 0 saturated heterocycles. The summed E-state index contributed by atoms with van der Waals surface area (Å²) in [6.45, 7) is 1.54. The number of anilines is 1. The zero-order valence-corrected chi connectivity index (χ0v) is 11.8. The zero-order valence-electron chi connectivity index (χ0n) is 11.8. The van der Waals surface area contributed by atoms with E-state index in [4.69, 9.17) is 4.74 Å². The molecule has 0 aliphatic heterocycles. The number of amides is 1. The third-order valence-corrected chi connectivity index (χ3v) is 2.90. The Balaban J connectivity index is 1.99. The lowest BCUT2D eigenvalue weighted by Crippen LogP contribution is -2.22. The Morgan fingerprint density at radius 1 is 1.09 bits per heavy atom. The Morgan fingerprint density at radius 3 is 2.36 bits per heavy atom. The van der Waals surface area contributed by atoms with Crippen LogP contribution in [0.2, 0.25) is 0 Å². The highest BCUT2D eigenvalue weighted by Crippen LogP contribution is 2.34. The summed E-state index contributed by atoms with van der Waals surface area (Å²) in [6, 6.07) is 11.8. The van der Waals surface area contributed by atoms with Crippen LogP contribution in [0.4, 0.5) is 18.9 Å². The van der Waals surface area contributed by atoms with Gasteiger partial charge in [0.2, 0.25) is 0 Å². The van der Waals surface area contributed by atoms with Gasteiger partial charge in [-0.05, 0) is 31.2 Å². The molecule has 3 nitrogen and oxygen atoms in total. The molecule has 0 aliphatic rings. The fourth-order valence-corrected chi connectivity index (χ4v) is 1.81. The van der Waals surface area contributed by atoms with Crippen LogP contribution in [-0.2, 0) is 11.0 Å². The van der Waals surface area contributed by atoms with Crippen molar-refractivity contribution in [3.63, 3.8) is 0 Å². The molecule has 22 heavy (non-hydrogen) atoms. The van der Waals surface area contributed by atoms with Crippen molar-refractivity contribution in [2.75, 3.05) is 11.9 Å². The molecule has 2 aromatic carbocycles. The van der Waals surface area contributed by atoms with Crippen LogP contribution in [0.3, 0.4) is 0 Å². The molecule has 0 saturated carbocycles. The monoisotopic (exact) mass is 309 g/mol. The third-order valence-electron chi connectivity index (χ3n) is 2.90. The second kappa shape index (κ2) is 6.51. The third kappa shape index (κ3) is 4.25. The second-order valence-electron chi connectivity index (χ2n) is 4.69. The maximum Gasteiger partial charge on any atom is 0.418 e. The van der Waals surface area contributed by atoms with E-state index >= 15 is 0 Å². The number of halogens is 3. The lowest BCUT2D eigenvalue weighted by molar-refractivity contribution is -0.137. The minimum atomic E-state index is -4.53. The summed E-state index contributed by atoms with van der Waals surface area (Å²) >= 11 is 0. The Kier molecular flexibility index (Phi) is 4.70. The quantitative estimate of drug-likeness (QED) is 0.926. The molecule has 0 aliphatic carbocycles.